The number of anilines is 1. The Morgan fingerprint density at radius 2 is 2.11 bits per heavy atom. The average molecular weight is 259 g/mol. The molecule has 0 aliphatic rings. The van der Waals surface area contributed by atoms with Gasteiger partial charge in [0.1, 0.15) is 0 Å². The molecular formula is C13H17N5O. The first-order chi connectivity index (χ1) is 9.20. The SMILES string of the molecule is CCCN(Cc1ccc(N)cc1)C(=O)c1cn[nH]n1. The lowest BCUT2D eigenvalue weighted by molar-refractivity contribution is 0.0737. The van der Waals surface area contributed by atoms with Crippen LogP contribution in [0.5, 0.6) is 0 Å². The van der Waals surface area contributed by atoms with E-state index in [0.29, 0.717) is 24.5 Å². The van der Waals surface area contributed by atoms with E-state index in [-0.39, 0.29) is 5.91 Å². The molecule has 0 bridgehead atoms. The number of nitrogens with zero attached hydrogens (tertiary/aromatic N) is 3. The van der Waals surface area contributed by atoms with Crippen LogP contribution >= 0.6 is 0 Å². The second-order valence-electron chi connectivity index (χ2n) is 4.32. The summed E-state index contributed by atoms with van der Waals surface area (Å²) in [6.45, 7) is 3.25. The molecule has 6 heteroatoms. The van der Waals surface area contributed by atoms with Crippen LogP contribution in [0.15, 0.2) is 30.5 Å². The third-order valence-corrected chi connectivity index (χ3v) is 2.77. The van der Waals surface area contributed by atoms with E-state index in [2.05, 4.69) is 15.4 Å². The molecule has 2 aromatic rings. The number of nitrogen functional groups attached to an aromatic ring is 1. The standard InChI is InChI=1S/C13H17N5O/c1-2-7-18(13(19)12-8-15-17-16-12)9-10-3-5-11(14)6-4-10/h3-6,8H,2,7,9,14H2,1H3,(H,15,16,17). The van der Waals surface area contributed by atoms with Crippen LogP contribution in [0.4, 0.5) is 5.69 Å². The fraction of sp³-hybridized carbons (Fsp3) is 0.308. The predicted molar refractivity (Wildman–Crippen MR) is 72.3 cm³/mol. The largest absolute Gasteiger partial charge is 0.399 e. The molecule has 0 aliphatic heterocycles. The van der Waals surface area contributed by atoms with Crippen LogP contribution in [0.25, 0.3) is 0 Å². The zero-order valence-corrected chi connectivity index (χ0v) is 10.8. The summed E-state index contributed by atoms with van der Waals surface area (Å²) in [6.07, 6.45) is 2.33. The highest BCUT2D eigenvalue weighted by molar-refractivity contribution is 5.91. The number of amides is 1. The molecule has 1 amide bonds. The van der Waals surface area contributed by atoms with Gasteiger partial charge >= 0.3 is 0 Å². The Labute approximate surface area is 111 Å². The maximum Gasteiger partial charge on any atom is 0.276 e. The Hall–Kier alpha value is -2.37. The minimum absolute atomic E-state index is 0.118. The van der Waals surface area contributed by atoms with Gasteiger partial charge in [-0.2, -0.15) is 15.4 Å². The summed E-state index contributed by atoms with van der Waals surface area (Å²) in [7, 11) is 0. The lowest BCUT2D eigenvalue weighted by atomic mass is 10.2. The van der Waals surface area contributed by atoms with E-state index in [9.17, 15) is 4.79 Å². The summed E-state index contributed by atoms with van der Waals surface area (Å²) >= 11 is 0. The van der Waals surface area contributed by atoms with Gasteiger partial charge in [0.05, 0.1) is 6.20 Å². The summed E-state index contributed by atoms with van der Waals surface area (Å²) in [4.78, 5) is 14.0. The van der Waals surface area contributed by atoms with Crippen LogP contribution in [-0.2, 0) is 6.54 Å². The van der Waals surface area contributed by atoms with Gasteiger partial charge in [-0.15, -0.1) is 0 Å². The van der Waals surface area contributed by atoms with Crippen molar-refractivity contribution in [2.45, 2.75) is 19.9 Å². The minimum Gasteiger partial charge on any atom is -0.399 e. The van der Waals surface area contributed by atoms with Gasteiger partial charge in [0.2, 0.25) is 0 Å². The normalized spacial score (nSPS) is 10.4. The average Bonchev–Trinajstić information content (AvgIpc) is 2.94. The molecule has 0 saturated heterocycles. The van der Waals surface area contributed by atoms with E-state index in [4.69, 9.17) is 5.73 Å². The maximum absolute atomic E-state index is 12.2. The molecule has 0 radical (unpaired) electrons. The lowest BCUT2D eigenvalue weighted by Crippen LogP contribution is -2.31. The number of aromatic nitrogens is 3. The zero-order chi connectivity index (χ0) is 13.7. The predicted octanol–water partition coefficient (Wildman–Crippen LogP) is 1.44. The zero-order valence-electron chi connectivity index (χ0n) is 10.8. The minimum atomic E-state index is -0.118. The van der Waals surface area contributed by atoms with Crippen LogP contribution in [0.3, 0.4) is 0 Å². The highest BCUT2D eigenvalue weighted by atomic mass is 16.2. The third kappa shape index (κ3) is 3.31. The Morgan fingerprint density at radius 1 is 1.37 bits per heavy atom. The van der Waals surface area contributed by atoms with E-state index in [0.717, 1.165) is 12.0 Å². The molecule has 1 heterocycles. The smallest absolute Gasteiger partial charge is 0.276 e. The number of carbonyl (C=O) groups is 1. The molecule has 0 unspecified atom stereocenters. The number of carbonyl (C=O) groups excluding carboxylic acids is 1. The van der Waals surface area contributed by atoms with Gasteiger partial charge < -0.3 is 10.6 Å². The Balaban J connectivity index is 2.11. The summed E-state index contributed by atoms with van der Waals surface area (Å²) in [5.41, 5.74) is 7.74. The molecule has 1 aromatic heterocycles. The van der Waals surface area contributed by atoms with Gasteiger partial charge in [0.15, 0.2) is 5.69 Å². The van der Waals surface area contributed by atoms with Gasteiger partial charge in [-0.05, 0) is 24.1 Å². The Kier molecular flexibility index (Phi) is 4.12. The molecule has 0 saturated carbocycles. The van der Waals surface area contributed by atoms with Crippen molar-refractivity contribution in [2.75, 3.05) is 12.3 Å². The monoisotopic (exact) mass is 259 g/mol. The van der Waals surface area contributed by atoms with E-state index in [1.54, 1.807) is 4.90 Å². The topological polar surface area (TPSA) is 87.9 Å². The molecule has 0 spiro atoms. The molecule has 0 aliphatic carbocycles. The summed E-state index contributed by atoms with van der Waals surface area (Å²) in [5, 5.41) is 9.95. The van der Waals surface area contributed by atoms with Crippen molar-refractivity contribution in [2.24, 2.45) is 0 Å². The number of benzene rings is 1. The van der Waals surface area contributed by atoms with Gasteiger partial charge in [-0.3, -0.25) is 4.79 Å². The maximum atomic E-state index is 12.2. The van der Waals surface area contributed by atoms with Gasteiger partial charge in [0, 0.05) is 18.8 Å². The number of H-pyrrole nitrogens is 1. The molecule has 0 fully saturated rings. The number of nitrogens with one attached hydrogen (secondary N) is 1. The van der Waals surface area contributed by atoms with Gasteiger partial charge in [-0.25, -0.2) is 0 Å². The van der Waals surface area contributed by atoms with Crippen LogP contribution in [0.2, 0.25) is 0 Å². The van der Waals surface area contributed by atoms with Gasteiger partial charge in [-0.1, -0.05) is 19.1 Å². The third-order valence-electron chi connectivity index (χ3n) is 2.77. The number of hydrogen-bond acceptors (Lipinski definition) is 4. The summed E-state index contributed by atoms with van der Waals surface area (Å²) < 4.78 is 0. The quantitative estimate of drug-likeness (QED) is 0.795. The van der Waals surface area contributed by atoms with E-state index >= 15 is 0 Å². The van der Waals surface area contributed by atoms with Crippen molar-refractivity contribution < 1.29 is 4.79 Å². The molecular weight excluding hydrogens is 242 g/mol. The summed E-state index contributed by atoms with van der Waals surface area (Å²) in [6, 6.07) is 7.52. The van der Waals surface area contributed by atoms with Crippen LogP contribution in [-0.4, -0.2) is 32.8 Å². The number of nitrogens with two attached hydrogens (primary N) is 1. The van der Waals surface area contributed by atoms with Crippen LogP contribution < -0.4 is 5.73 Å². The molecule has 19 heavy (non-hydrogen) atoms. The first kappa shape index (κ1) is 13.1. The fourth-order valence-electron chi connectivity index (χ4n) is 1.83. The van der Waals surface area contributed by atoms with Crippen molar-refractivity contribution in [3.63, 3.8) is 0 Å². The van der Waals surface area contributed by atoms with Crippen LogP contribution in [0.1, 0.15) is 29.4 Å². The van der Waals surface area contributed by atoms with Crippen molar-refractivity contribution in [3.8, 4) is 0 Å². The van der Waals surface area contributed by atoms with Crippen molar-refractivity contribution in [1.29, 1.82) is 0 Å². The highest BCUT2D eigenvalue weighted by Gasteiger charge is 2.17. The van der Waals surface area contributed by atoms with Gasteiger partial charge in [0.25, 0.3) is 5.91 Å². The van der Waals surface area contributed by atoms with E-state index in [1.165, 1.54) is 6.20 Å². The molecule has 1 aromatic carbocycles. The highest BCUT2D eigenvalue weighted by Crippen LogP contribution is 2.11. The van der Waals surface area contributed by atoms with E-state index in [1.807, 2.05) is 31.2 Å². The Bertz CT molecular complexity index is 520. The number of aromatic amines is 1. The molecule has 3 N–H and O–H groups in total. The molecule has 100 valence electrons. The van der Waals surface area contributed by atoms with E-state index < -0.39 is 0 Å². The van der Waals surface area contributed by atoms with Crippen molar-refractivity contribution in [1.82, 2.24) is 20.3 Å². The fourth-order valence-corrected chi connectivity index (χ4v) is 1.83. The number of rotatable bonds is 5. The Morgan fingerprint density at radius 3 is 2.68 bits per heavy atom. The van der Waals surface area contributed by atoms with Crippen molar-refractivity contribution in [3.05, 3.63) is 41.7 Å². The second-order valence-corrected chi connectivity index (χ2v) is 4.32. The lowest BCUT2D eigenvalue weighted by Gasteiger charge is -2.21. The number of hydrogen-bond donors (Lipinski definition) is 2. The molecule has 2 rings (SSSR count). The summed E-state index contributed by atoms with van der Waals surface area (Å²) in [5.74, 6) is -0.118. The first-order valence-electron chi connectivity index (χ1n) is 6.20. The molecule has 0 atom stereocenters. The molecule has 6 nitrogen and oxygen atoms in total. The second kappa shape index (κ2) is 5.99. The van der Waals surface area contributed by atoms with Crippen molar-refractivity contribution >= 4 is 11.6 Å². The van der Waals surface area contributed by atoms with Crippen LogP contribution in [0, 0.1) is 0 Å². The first-order valence-corrected chi connectivity index (χ1v) is 6.20.